The van der Waals surface area contributed by atoms with E-state index in [1.54, 1.807) is 12.3 Å². The topological polar surface area (TPSA) is 40.7 Å². The summed E-state index contributed by atoms with van der Waals surface area (Å²) in [7, 11) is 1.88. The van der Waals surface area contributed by atoms with Crippen molar-refractivity contribution in [2.24, 2.45) is 0 Å². The third-order valence-electron chi connectivity index (χ3n) is 2.44. The standard InChI is InChI=1S/C12H14FN3/c1-8-5-9(13)3-4-11(8)12-15-7-10(16-12)6-14-2/h3-5,7,14H,6H2,1-2H3,(H,15,16). The van der Waals surface area contributed by atoms with Crippen molar-refractivity contribution < 1.29 is 4.39 Å². The third-order valence-corrected chi connectivity index (χ3v) is 2.44. The lowest BCUT2D eigenvalue weighted by Gasteiger charge is -2.02. The molecular formula is C12H14FN3. The van der Waals surface area contributed by atoms with E-state index < -0.39 is 0 Å². The van der Waals surface area contributed by atoms with Crippen LogP contribution in [0.15, 0.2) is 24.4 Å². The summed E-state index contributed by atoms with van der Waals surface area (Å²) >= 11 is 0. The molecule has 16 heavy (non-hydrogen) atoms. The quantitative estimate of drug-likeness (QED) is 0.831. The SMILES string of the molecule is CNCc1cnc(-c2ccc(F)cc2C)[nH]1. The number of hydrogen-bond acceptors (Lipinski definition) is 2. The van der Waals surface area contributed by atoms with E-state index in [4.69, 9.17) is 0 Å². The summed E-state index contributed by atoms with van der Waals surface area (Å²) in [5.41, 5.74) is 2.83. The summed E-state index contributed by atoms with van der Waals surface area (Å²) in [4.78, 5) is 7.47. The molecule has 1 aromatic heterocycles. The molecule has 0 saturated heterocycles. The Bertz CT molecular complexity index is 491. The van der Waals surface area contributed by atoms with Gasteiger partial charge in [-0.2, -0.15) is 0 Å². The average Bonchev–Trinajstić information content (AvgIpc) is 2.67. The van der Waals surface area contributed by atoms with Gasteiger partial charge in [-0.3, -0.25) is 0 Å². The first-order valence-electron chi connectivity index (χ1n) is 5.15. The molecule has 0 fully saturated rings. The minimum absolute atomic E-state index is 0.219. The van der Waals surface area contributed by atoms with E-state index in [1.165, 1.54) is 12.1 Å². The third kappa shape index (κ3) is 2.12. The first-order valence-corrected chi connectivity index (χ1v) is 5.15. The van der Waals surface area contributed by atoms with E-state index >= 15 is 0 Å². The van der Waals surface area contributed by atoms with Crippen LogP contribution in [0, 0.1) is 12.7 Å². The van der Waals surface area contributed by atoms with Gasteiger partial charge in [0.15, 0.2) is 0 Å². The lowest BCUT2D eigenvalue weighted by atomic mass is 10.1. The highest BCUT2D eigenvalue weighted by atomic mass is 19.1. The van der Waals surface area contributed by atoms with Gasteiger partial charge in [0.1, 0.15) is 11.6 Å². The molecule has 0 unspecified atom stereocenters. The summed E-state index contributed by atoms with van der Waals surface area (Å²) in [5, 5.41) is 3.04. The molecule has 1 aromatic carbocycles. The van der Waals surface area contributed by atoms with Gasteiger partial charge in [0.25, 0.3) is 0 Å². The zero-order valence-corrected chi connectivity index (χ0v) is 9.34. The number of imidazole rings is 1. The van der Waals surface area contributed by atoms with Crippen LogP contribution in [0.25, 0.3) is 11.4 Å². The van der Waals surface area contributed by atoms with E-state index in [0.29, 0.717) is 0 Å². The summed E-state index contributed by atoms with van der Waals surface area (Å²) in [6.45, 7) is 2.62. The molecule has 0 radical (unpaired) electrons. The molecule has 2 aromatic rings. The second-order valence-corrected chi connectivity index (χ2v) is 3.75. The summed E-state index contributed by atoms with van der Waals surface area (Å²) in [5.74, 6) is 0.561. The second-order valence-electron chi connectivity index (χ2n) is 3.75. The smallest absolute Gasteiger partial charge is 0.137 e. The number of rotatable bonds is 3. The molecule has 0 spiro atoms. The fourth-order valence-electron chi connectivity index (χ4n) is 1.67. The zero-order valence-electron chi connectivity index (χ0n) is 9.34. The van der Waals surface area contributed by atoms with Crippen molar-refractivity contribution in [3.05, 3.63) is 41.5 Å². The van der Waals surface area contributed by atoms with E-state index in [2.05, 4.69) is 15.3 Å². The fraction of sp³-hybridized carbons (Fsp3) is 0.250. The van der Waals surface area contributed by atoms with Gasteiger partial charge in [-0.05, 0) is 37.7 Å². The van der Waals surface area contributed by atoms with Crippen molar-refractivity contribution in [1.29, 1.82) is 0 Å². The number of nitrogens with one attached hydrogen (secondary N) is 2. The van der Waals surface area contributed by atoms with Crippen molar-refractivity contribution in [3.8, 4) is 11.4 Å². The molecule has 0 atom stereocenters. The highest BCUT2D eigenvalue weighted by Gasteiger charge is 2.06. The van der Waals surface area contributed by atoms with Crippen LogP contribution in [0.3, 0.4) is 0 Å². The van der Waals surface area contributed by atoms with Crippen LogP contribution in [0.5, 0.6) is 0 Å². The van der Waals surface area contributed by atoms with Gasteiger partial charge in [-0.15, -0.1) is 0 Å². The maximum atomic E-state index is 12.9. The molecule has 84 valence electrons. The second kappa shape index (κ2) is 4.45. The minimum atomic E-state index is -0.219. The normalized spacial score (nSPS) is 10.7. The number of aromatic amines is 1. The molecule has 0 aliphatic rings. The number of benzene rings is 1. The fourth-order valence-corrected chi connectivity index (χ4v) is 1.67. The monoisotopic (exact) mass is 219 g/mol. The van der Waals surface area contributed by atoms with Crippen LogP contribution in [0.1, 0.15) is 11.3 Å². The molecule has 3 nitrogen and oxygen atoms in total. The maximum Gasteiger partial charge on any atom is 0.137 e. The summed E-state index contributed by atoms with van der Waals surface area (Å²) in [6, 6.07) is 4.70. The Morgan fingerprint density at radius 1 is 1.44 bits per heavy atom. The van der Waals surface area contributed by atoms with Crippen LogP contribution in [0.4, 0.5) is 4.39 Å². The van der Waals surface area contributed by atoms with Crippen molar-refractivity contribution >= 4 is 0 Å². The predicted octanol–water partition coefficient (Wildman–Crippen LogP) is 2.24. The van der Waals surface area contributed by atoms with Gasteiger partial charge in [-0.25, -0.2) is 9.37 Å². The Labute approximate surface area is 93.7 Å². The molecule has 2 N–H and O–H groups in total. The molecular weight excluding hydrogens is 205 g/mol. The number of aromatic nitrogens is 2. The maximum absolute atomic E-state index is 12.9. The average molecular weight is 219 g/mol. The van der Waals surface area contributed by atoms with Gasteiger partial charge in [0, 0.05) is 24.0 Å². The Hall–Kier alpha value is -1.68. The lowest BCUT2D eigenvalue weighted by molar-refractivity contribution is 0.627. The van der Waals surface area contributed by atoms with E-state index in [0.717, 1.165) is 29.2 Å². The molecule has 0 bridgehead atoms. The van der Waals surface area contributed by atoms with Gasteiger partial charge in [0.05, 0.1) is 0 Å². The van der Waals surface area contributed by atoms with Crippen LogP contribution in [-0.2, 0) is 6.54 Å². The van der Waals surface area contributed by atoms with Crippen LogP contribution < -0.4 is 5.32 Å². The van der Waals surface area contributed by atoms with Crippen molar-refractivity contribution in [2.75, 3.05) is 7.05 Å². The Balaban J connectivity index is 2.35. The van der Waals surface area contributed by atoms with Crippen LogP contribution in [0.2, 0.25) is 0 Å². The molecule has 1 heterocycles. The van der Waals surface area contributed by atoms with Gasteiger partial charge >= 0.3 is 0 Å². The number of aryl methyl sites for hydroxylation is 1. The minimum Gasteiger partial charge on any atom is -0.341 e. The summed E-state index contributed by atoms with van der Waals surface area (Å²) < 4.78 is 12.9. The van der Waals surface area contributed by atoms with E-state index in [9.17, 15) is 4.39 Å². The lowest BCUT2D eigenvalue weighted by Crippen LogP contribution is -2.04. The van der Waals surface area contributed by atoms with Crippen LogP contribution in [-0.4, -0.2) is 17.0 Å². The number of nitrogens with zero attached hydrogens (tertiary/aromatic N) is 1. The number of hydrogen-bond donors (Lipinski definition) is 2. The van der Waals surface area contributed by atoms with Crippen molar-refractivity contribution in [1.82, 2.24) is 15.3 Å². The highest BCUT2D eigenvalue weighted by Crippen LogP contribution is 2.20. The Kier molecular flexibility index (Phi) is 3.01. The molecule has 0 amide bonds. The molecule has 4 heteroatoms. The first-order chi connectivity index (χ1) is 7.70. The zero-order chi connectivity index (χ0) is 11.5. The van der Waals surface area contributed by atoms with Gasteiger partial charge in [-0.1, -0.05) is 0 Å². The number of halogens is 1. The van der Waals surface area contributed by atoms with E-state index in [-0.39, 0.29) is 5.82 Å². The first kappa shape index (κ1) is 10.8. The van der Waals surface area contributed by atoms with Gasteiger partial charge in [0.2, 0.25) is 0 Å². The molecule has 0 saturated carbocycles. The number of H-pyrrole nitrogens is 1. The van der Waals surface area contributed by atoms with Crippen LogP contribution >= 0.6 is 0 Å². The highest BCUT2D eigenvalue weighted by molar-refractivity contribution is 5.60. The summed E-state index contributed by atoms with van der Waals surface area (Å²) in [6.07, 6.45) is 1.79. The Morgan fingerprint density at radius 3 is 2.94 bits per heavy atom. The largest absolute Gasteiger partial charge is 0.341 e. The molecule has 0 aliphatic heterocycles. The van der Waals surface area contributed by atoms with Crippen molar-refractivity contribution in [2.45, 2.75) is 13.5 Å². The van der Waals surface area contributed by atoms with Crippen molar-refractivity contribution in [3.63, 3.8) is 0 Å². The predicted molar refractivity (Wildman–Crippen MR) is 61.5 cm³/mol. The Morgan fingerprint density at radius 2 is 2.25 bits per heavy atom. The molecule has 2 rings (SSSR count). The molecule has 0 aliphatic carbocycles. The van der Waals surface area contributed by atoms with Gasteiger partial charge < -0.3 is 10.3 Å². The van der Waals surface area contributed by atoms with E-state index in [1.807, 2.05) is 14.0 Å².